The molecule has 0 aromatic carbocycles. The van der Waals surface area contributed by atoms with Crippen molar-refractivity contribution >= 4 is 0 Å². The van der Waals surface area contributed by atoms with Crippen LogP contribution in [-0.4, -0.2) is 38.0 Å². The topological polar surface area (TPSA) is 36.9 Å². The van der Waals surface area contributed by atoms with Crippen molar-refractivity contribution in [1.82, 2.24) is 0 Å². The van der Waals surface area contributed by atoms with Crippen molar-refractivity contribution in [3.63, 3.8) is 0 Å². The first-order valence-electron chi connectivity index (χ1n) is 6.18. The van der Waals surface area contributed by atoms with E-state index in [1.165, 1.54) is 0 Å². The Morgan fingerprint density at radius 3 is 1.18 bits per heavy atom. The van der Waals surface area contributed by atoms with Crippen molar-refractivity contribution in [3.05, 3.63) is 0 Å². The zero-order valence-electron chi connectivity index (χ0n) is 12.0. The average molecular weight is 246 g/mol. The molecule has 2 fully saturated rings. The van der Waals surface area contributed by atoms with Crippen LogP contribution in [0.1, 0.15) is 41.5 Å². The van der Waals surface area contributed by atoms with Gasteiger partial charge in [0.2, 0.25) is 0 Å². The second-order valence-electron chi connectivity index (χ2n) is 6.24. The van der Waals surface area contributed by atoms with E-state index in [4.69, 9.17) is 18.9 Å². The fourth-order valence-electron chi connectivity index (χ4n) is 1.44. The van der Waals surface area contributed by atoms with E-state index in [9.17, 15) is 0 Å². The molecule has 0 spiro atoms. The van der Waals surface area contributed by atoms with Crippen molar-refractivity contribution in [1.29, 1.82) is 0 Å². The van der Waals surface area contributed by atoms with Crippen molar-refractivity contribution in [2.24, 2.45) is 5.41 Å². The fraction of sp³-hybridized carbons (Fsp3) is 1.00. The Morgan fingerprint density at radius 1 is 0.588 bits per heavy atom. The molecule has 2 rings (SSSR count). The Bertz CT molecular complexity index is 210. The molecule has 102 valence electrons. The normalized spacial score (nSPS) is 29.3. The summed E-state index contributed by atoms with van der Waals surface area (Å²) < 4.78 is 21.2. The van der Waals surface area contributed by atoms with Crippen molar-refractivity contribution in [2.45, 2.75) is 53.1 Å². The number of hydrogen-bond donors (Lipinski definition) is 0. The summed E-state index contributed by atoms with van der Waals surface area (Å²) in [6.45, 7) is 15.1. The summed E-state index contributed by atoms with van der Waals surface area (Å²) in [4.78, 5) is 0. The summed E-state index contributed by atoms with van der Waals surface area (Å²) in [5.74, 6) is -0.671. The van der Waals surface area contributed by atoms with Crippen LogP contribution >= 0.6 is 0 Å². The maximum atomic E-state index is 5.46. The van der Waals surface area contributed by atoms with Gasteiger partial charge in [-0.25, -0.2) is 0 Å². The molecule has 2 heterocycles. The minimum absolute atomic E-state index is 0.190. The highest BCUT2D eigenvalue weighted by Crippen LogP contribution is 2.28. The molecule has 2 saturated heterocycles. The van der Waals surface area contributed by atoms with Crippen molar-refractivity contribution in [3.8, 4) is 0 Å². The Labute approximate surface area is 105 Å². The van der Waals surface area contributed by atoms with Crippen LogP contribution in [0.2, 0.25) is 0 Å². The Hall–Kier alpha value is -0.160. The molecule has 0 bridgehead atoms. The zero-order chi connectivity index (χ0) is 13.2. The standard InChI is InChI=1S/C8H16O2.C5H10O2/c1-7(2)5-9-8(3,4)10-6-7;1-5(2)6-3-4-7-5/h5-6H2,1-4H3;3-4H2,1-2H3. The van der Waals surface area contributed by atoms with Crippen LogP contribution in [-0.2, 0) is 18.9 Å². The third-order valence-corrected chi connectivity index (χ3v) is 2.60. The monoisotopic (exact) mass is 246 g/mol. The van der Waals surface area contributed by atoms with E-state index in [0.717, 1.165) is 26.4 Å². The quantitative estimate of drug-likeness (QED) is 0.658. The molecule has 17 heavy (non-hydrogen) atoms. The number of hydrogen-bond acceptors (Lipinski definition) is 4. The number of rotatable bonds is 0. The van der Waals surface area contributed by atoms with E-state index in [0.29, 0.717) is 0 Å². The molecule has 4 nitrogen and oxygen atoms in total. The maximum Gasteiger partial charge on any atom is 0.162 e. The average Bonchev–Trinajstić information content (AvgIpc) is 2.58. The van der Waals surface area contributed by atoms with Gasteiger partial charge in [-0.15, -0.1) is 0 Å². The molecule has 0 aliphatic carbocycles. The maximum absolute atomic E-state index is 5.46. The van der Waals surface area contributed by atoms with E-state index in [2.05, 4.69) is 13.8 Å². The second-order valence-corrected chi connectivity index (χ2v) is 6.24. The summed E-state index contributed by atoms with van der Waals surface area (Å²) in [6.07, 6.45) is 0. The molecule has 0 unspecified atom stereocenters. The van der Waals surface area contributed by atoms with Crippen LogP contribution in [0.15, 0.2) is 0 Å². The van der Waals surface area contributed by atoms with Gasteiger partial charge in [0, 0.05) is 5.41 Å². The molecule has 0 atom stereocenters. The third-order valence-electron chi connectivity index (χ3n) is 2.60. The summed E-state index contributed by atoms with van der Waals surface area (Å²) in [7, 11) is 0. The highest BCUT2D eigenvalue weighted by atomic mass is 16.7. The van der Waals surface area contributed by atoms with Gasteiger partial charge >= 0.3 is 0 Å². The van der Waals surface area contributed by atoms with E-state index >= 15 is 0 Å². The van der Waals surface area contributed by atoms with Crippen LogP contribution in [0, 0.1) is 5.41 Å². The zero-order valence-corrected chi connectivity index (χ0v) is 12.0. The predicted octanol–water partition coefficient (Wildman–Crippen LogP) is 2.56. The summed E-state index contributed by atoms with van der Waals surface area (Å²) >= 11 is 0. The molecule has 0 saturated carbocycles. The SMILES string of the molecule is CC1(C)COC(C)(C)OC1.CC1(C)OCCO1. The summed E-state index contributed by atoms with van der Waals surface area (Å²) in [5, 5.41) is 0. The van der Waals surface area contributed by atoms with E-state index in [1.807, 2.05) is 27.7 Å². The molecule has 2 aliphatic heterocycles. The largest absolute Gasteiger partial charge is 0.350 e. The van der Waals surface area contributed by atoms with Crippen LogP contribution in [0.4, 0.5) is 0 Å². The minimum Gasteiger partial charge on any atom is -0.350 e. The van der Waals surface area contributed by atoms with Gasteiger partial charge in [-0.3, -0.25) is 0 Å². The third kappa shape index (κ3) is 5.82. The van der Waals surface area contributed by atoms with E-state index in [1.54, 1.807) is 0 Å². The predicted molar refractivity (Wildman–Crippen MR) is 65.7 cm³/mol. The van der Waals surface area contributed by atoms with Crippen LogP contribution in [0.25, 0.3) is 0 Å². The lowest BCUT2D eigenvalue weighted by Crippen LogP contribution is -2.43. The summed E-state index contributed by atoms with van der Waals surface area (Å²) in [5.41, 5.74) is 0.190. The van der Waals surface area contributed by atoms with Crippen LogP contribution < -0.4 is 0 Å². The lowest BCUT2D eigenvalue weighted by molar-refractivity contribution is -0.279. The highest BCUT2D eigenvalue weighted by molar-refractivity contribution is 4.74. The van der Waals surface area contributed by atoms with E-state index in [-0.39, 0.29) is 17.0 Å². The highest BCUT2D eigenvalue weighted by Gasteiger charge is 2.32. The van der Waals surface area contributed by atoms with Gasteiger partial charge in [0.1, 0.15) is 0 Å². The molecule has 0 radical (unpaired) electrons. The van der Waals surface area contributed by atoms with Crippen LogP contribution in [0.5, 0.6) is 0 Å². The van der Waals surface area contributed by atoms with Crippen molar-refractivity contribution in [2.75, 3.05) is 26.4 Å². The smallest absolute Gasteiger partial charge is 0.162 e. The second kappa shape index (κ2) is 5.22. The lowest BCUT2D eigenvalue weighted by Gasteiger charge is -2.39. The van der Waals surface area contributed by atoms with Gasteiger partial charge in [-0.1, -0.05) is 13.8 Å². The fourth-order valence-corrected chi connectivity index (χ4v) is 1.44. The first-order valence-corrected chi connectivity index (χ1v) is 6.18. The lowest BCUT2D eigenvalue weighted by atomic mass is 9.95. The molecular formula is C13H26O4. The Kier molecular flexibility index (Phi) is 4.58. The molecule has 0 aromatic rings. The first-order chi connectivity index (χ1) is 7.62. The van der Waals surface area contributed by atoms with Gasteiger partial charge < -0.3 is 18.9 Å². The first kappa shape index (κ1) is 14.9. The molecule has 2 aliphatic rings. The molecule has 0 N–H and O–H groups in total. The van der Waals surface area contributed by atoms with Gasteiger partial charge in [0.15, 0.2) is 11.6 Å². The van der Waals surface area contributed by atoms with Gasteiger partial charge in [-0.05, 0) is 27.7 Å². The van der Waals surface area contributed by atoms with Crippen LogP contribution in [0.3, 0.4) is 0 Å². The molecule has 4 heteroatoms. The Morgan fingerprint density at radius 2 is 0.941 bits per heavy atom. The van der Waals surface area contributed by atoms with Crippen molar-refractivity contribution < 1.29 is 18.9 Å². The van der Waals surface area contributed by atoms with Gasteiger partial charge in [0.05, 0.1) is 26.4 Å². The van der Waals surface area contributed by atoms with Gasteiger partial charge in [0.25, 0.3) is 0 Å². The molecule has 0 aromatic heterocycles. The minimum atomic E-state index is -0.366. The summed E-state index contributed by atoms with van der Waals surface area (Å²) in [6, 6.07) is 0. The number of ether oxygens (including phenoxy) is 4. The Balaban J connectivity index is 0.000000181. The van der Waals surface area contributed by atoms with Gasteiger partial charge in [-0.2, -0.15) is 0 Å². The molecular weight excluding hydrogens is 220 g/mol. The molecule has 0 amide bonds. The van der Waals surface area contributed by atoms with E-state index < -0.39 is 0 Å².